The lowest BCUT2D eigenvalue weighted by Gasteiger charge is -2.20. The fourth-order valence-electron chi connectivity index (χ4n) is 1.93. The summed E-state index contributed by atoms with van der Waals surface area (Å²) in [6, 6.07) is 1.68. The highest BCUT2D eigenvalue weighted by Crippen LogP contribution is 2.34. The summed E-state index contributed by atoms with van der Waals surface area (Å²) in [5, 5.41) is -0.853. The van der Waals surface area contributed by atoms with Crippen LogP contribution in [0.25, 0.3) is 0 Å². The molecule has 1 aliphatic rings. The number of hydrogen-bond donors (Lipinski definition) is 0. The number of carbonyl (C=O) groups excluding carboxylic acids is 1. The van der Waals surface area contributed by atoms with Gasteiger partial charge in [0, 0.05) is 5.56 Å². The minimum absolute atomic E-state index is 0.131. The Kier molecular flexibility index (Phi) is 4.12. The average molecular weight is 402 g/mol. The van der Waals surface area contributed by atoms with E-state index in [9.17, 15) is 13.2 Å². The van der Waals surface area contributed by atoms with Crippen LogP contribution in [0.4, 0.5) is 0 Å². The van der Waals surface area contributed by atoms with E-state index < -0.39 is 15.1 Å². The van der Waals surface area contributed by atoms with Crippen LogP contribution in [-0.2, 0) is 9.84 Å². The van der Waals surface area contributed by atoms with Gasteiger partial charge in [-0.2, -0.15) is 0 Å². The van der Waals surface area contributed by atoms with Gasteiger partial charge >= 0.3 is 0 Å². The van der Waals surface area contributed by atoms with Crippen LogP contribution >= 0.6 is 43.2 Å². The van der Waals surface area contributed by atoms with E-state index in [0.29, 0.717) is 22.2 Å². The van der Waals surface area contributed by atoms with Crippen LogP contribution in [-0.4, -0.2) is 25.2 Å². The van der Waals surface area contributed by atoms with Crippen molar-refractivity contribution in [1.82, 2.24) is 0 Å². The van der Waals surface area contributed by atoms with Crippen molar-refractivity contribution in [3.63, 3.8) is 0 Å². The number of rotatable bonds is 2. The Morgan fingerprint density at radius 3 is 2.59 bits per heavy atom. The molecule has 1 unspecified atom stereocenters. The summed E-state index contributed by atoms with van der Waals surface area (Å²) in [6.07, 6.45) is 1.92. The van der Waals surface area contributed by atoms with Crippen LogP contribution < -0.4 is 0 Å². The maximum atomic E-state index is 12.2. The Bertz CT molecular complexity index is 548. The van der Waals surface area contributed by atoms with Crippen LogP contribution in [0.5, 0.6) is 0 Å². The highest BCUT2D eigenvalue weighted by molar-refractivity contribution is 9.12. The summed E-state index contributed by atoms with van der Waals surface area (Å²) in [6.45, 7) is 0. The Hall–Kier alpha value is 0.280. The fourth-order valence-corrected chi connectivity index (χ4v) is 6.62. The summed E-state index contributed by atoms with van der Waals surface area (Å²) in [5.41, 5.74) is 0.470. The number of ketones is 1. The zero-order valence-electron chi connectivity index (χ0n) is 8.78. The summed E-state index contributed by atoms with van der Waals surface area (Å²) in [5.74, 6) is -0.148. The molecular weight excluding hydrogens is 392 g/mol. The van der Waals surface area contributed by atoms with Gasteiger partial charge in [0.25, 0.3) is 0 Å². The van der Waals surface area contributed by atoms with Gasteiger partial charge < -0.3 is 0 Å². The van der Waals surface area contributed by atoms with Gasteiger partial charge in [0.15, 0.2) is 15.6 Å². The monoisotopic (exact) mass is 400 g/mol. The number of hydrogen-bond acceptors (Lipinski definition) is 4. The van der Waals surface area contributed by atoms with Crippen molar-refractivity contribution >= 4 is 58.8 Å². The summed E-state index contributed by atoms with van der Waals surface area (Å²) < 4.78 is 25.3. The standard InChI is InChI=1S/C10H10Br2O3S2/c11-8-5-6(10(12)16-8)9(13)7-3-1-2-4-17(7,14)15/h5,7H,1-4H2. The van der Waals surface area contributed by atoms with Crippen LogP contribution in [0.2, 0.25) is 0 Å². The number of sulfone groups is 1. The largest absolute Gasteiger partial charge is 0.293 e. The third kappa shape index (κ3) is 2.83. The number of Topliss-reactive ketones (excluding diaryl/α,β-unsaturated/α-hetero) is 1. The van der Waals surface area contributed by atoms with Crippen molar-refractivity contribution in [3.05, 3.63) is 19.2 Å². The molecule has 2 rings (SSSR count). The third-order valence-corrected chi connectivity index (χ3v) is 7.31. The third-order valence-electron chi connectivity index (χ3n) is 2.79. The second-order valence-corrected chi connectivity index (χ2v) is 10.0. The van der Waals surface area contributed by atoms with E-state index in [1.807, 2.05) is 0 Å². The van der Waals surface area contributed by atoms with E-state index in [1.54, 1.807) is 6.07 Å². The minimum atomic E-state index is -3.26. The molecule has 0 aromatic carbocycles. The molecule has 7 heteroatoms. The molecule has 0 aliphatic carbocycles. The predicted octanol–water partition coefficient (Wildman–Crippen LogP) is 3.42. The van der Waals surface area contributed by atoms with Crippen molar-refractivity contribution in [2.45, 2.75) is 24.5 Å². The van der Waals surface area contributed by atoms with Gasteiger partial charge in [0.2, 0.25) is 0 Å². The zero-order valence-corrected chi connectivity index (χ0v) is 13.6. The van der Waals surface area contributed by atoms with Gasteiger partial charge in [-0.3, -0.25) is 4.79 Å². The van der Waals surface area contributed by atoms with E-state index in [2.05, 4.69) is 31.9 Å². The molecular formula is C10H10Br2O3S2. The molecule has 0 spiro atoms. The molecule has 3 nitrogen and oxygen atoms in total. The maximum absolute atomic E-state index is 12.2. The molecule has 0 saturated carbocycles. The smallest absolute Gasteiger partial charge is 0.182 e. The number of carbonyl (C=O) groups is 1. The summed E-state index contributed by atoms with van der Waals surface area (Å²) in [4.78, 5) is 12.2. The SMILES string of the molecule is O=C(c1cc(Br)sc1Br)C1CCCCS1(=O)=O. The molecule has 0 N–H and O–H groups in total. The zero-order chi connectivity index (χ0) is 12.6. The molecule has 1 fully saturated rings. The van der Waals surface area contributed by atoms with Crippen molar-refractivity contribution in [2.75, 3.05) is 5.75 Å². The van der Waals surface area contributed by atoms with Gasteiger partial charge in [-0.05, 0) is 50.8 Å². The minimum Gasteiger partial charge on any atom is -0.293 e. The van der Waals surface area contributed by atoms with Gasteiger partial charge in [-0.25, -0.2) is 8.42 Å². The van der Waals surface area contributed by atoms with Crippen molar-refractivity contribution < 1.29 is 13.2 Å². The topological polar surface area (TPSA) is 51.2 Å². The molecule has 1 aromatic rings. The molecule has 94 valence electrons. The van der Waals surface area contributed by atoms with Gasteiger partial charge in [-0.15, -0.1) is 11.3 Å². The lowest BCUT2D eigenvalue weighted by Crippen LogP contribution is -2.35. The number of halogens is 2. The maximum Gasteiger partial charge on any atom is 0.182 e. The summed E-state index contributed by atoms with van der Waals surface area (Å²) >= 11 is 7.96. The Morgan fingerprint density at radius 2 is 2.06 bits per heavy atom. The molecule has 0 bridgehead atoms. The fraction of sp³-hybridized carbons (Fsp3) is 0.500. The van der Waals surface area contributed by atoms with Crippen LogP contribution in [0.3, 0.4) is 0 Å². The molecule has 1 saturated heterocycles. The lowest BCUT2D eigenvalue weighted by atomic mass is 10.1. The Labute approximate surface area is 121 Å². The van der Waals surface area contributed by atoms with Crippen LogP contribution in [0, 0.1) is 0 Å². The van der Waals surface area contributed by atoms with Gasteiger partial charge in [0.05, 0.1) is 13.3 Å². The summed E-state index contributed by atoms with van der Waals surface area (Å²) in [7, 11) is -3.26. The Balaban J connectivity index is 2.34. The van der Waals surface area contributed by atoms with E-state index >= 15 is 0 Å². The molecule has 0 radical (unpaired) electrons. The first-order valence-electron chi connectivity index (χ1n) is 5.12. The van der Waals surface area contributed by atoms with E-state index in [-0.39, 0.29) is 11.5 Å². The Morgan fingerprint density at radius 1 is 1.35 bits per heavy atom. The van der Waals surface area contributed by atoms with Crippen LogP contribution in [0.15, 0.2) is 13.6 Å². The van der Waals surface area contributed by atoms with Crippen molar-refractivity contribution in [3.8, 4) is 0 Å². The molecule has 1 aliphatic heterocycles. The second-order valence-electron chi connectivity index (χ2n) is 3.95. The predicted molar refractivity (Wildman–Crippen MR) is 75.5 cm³/mol. The molecule has 0 amide bonds. The first-order chi connectivity index (χ1) is 7.92. The lowest BCUT2D eigenvalue weighted by molar-refractivity contribution is 0.0981. The van der Waals surface area contributed by atoms with E-state index in [1.165, 1.54) is 11.3 Å². The molecule has 17 heavy (non-hydrogen) atoms. The van der Waals surface area contributed by atoms with E-state index in [0.717, 1.165) is 10.2 Å². The van der Waals surface area contributed by atoms with Crippen molar-refractivity contribution in [1.29, 1.82) is 0 Å². The highest BCUT2D eigenvalue weighted by atomic mass is 79.9. The van der Waals surface area contributed by atoms with Crippen molar-refractivity contribution in [2.24, 2.45) is 0 Å². The molecule has 2 heterocycles. The van der Waals surface area contributed by atoms with Crippen LogP contribution in [0.1, 0.15) is 29.6 Å². The first kappa shape index (κ1) is 13.7. The van der Waals surface area contributed by atoms with Gasteiger partial charge in [-0.1, -0.05) is 6.42 Å². The van der Waals surface area contributed by atoms with E-state index in [4.69, 9.17) is 0 Å². The average Bonchev–Trinajstić information content (AvgIpc) is 2.56. The van der Waals surface area contributed by atoms with Gasteiger partial charge in [0.1, 0.15) is 5.25 Å². The highest BCUT2D eigenvalue weighted by Gasteiger charge is 2.36. The number of thiophene rings is 1. The normalized spacial score (nSPS) is 23.5. The quantitative estimate of drug-likeness (QED) is 0.713. The molecule has 1 atom stereocenters. The first-order valence-corrected chi connectivity index (χ1v) is 9.24. The molecule has 1 aromatic heterocycles. The second kappa shape index (κ2) is 5.11.